The Bertz CT molecular complexity index is 1780. The first-order chi connectivity index (χ1) is 20.9. The van der Waals surface area contributed by atoms with Crippen LogP contribution in [0.4, 0.5) is 27.6 Å². The summed E-state index contributed by atoms with van der Waals surface area (Å²) in [5.41, 5.74) is 0.902. The third-order valence-electron chi connectivity index (χ3n) is 8.32. The van der Waals surface area contributed by atoms with Gasteiger partial charge in [-0.2, -0.15) is 13.2 Å². The summed E-state index contributed by atoms with van der Waals surface area (Å²) in [6.07, 6.45) is -0.558. The van der Waals surface area contributed by atoms with Gasteiger partial charge in [0.1, 0.15) is 23.3 Å². The van der Waals surface area contributed by atoms with Crippen LogP contribution in [-0.2, 0) is 6.18 Å². The Morgan fingerprint density at radius 1 is 1.09 bits per heavy atom. The largest absolute Gasteiger partial charge is 0.489 e. The molecule has 228 valence electrons. The Morgan fingerprint density at radius 3 is 2.52 bits per heavy atom. The van der Waals surface area contributed by atoms with Crippen molar-refractivity contribution < 1.29 is 41.1 Å². The fraction of sp³-hybridized carbons (Fsp3) is 0.344. The number of benzene rings is 2. The number of alkyl halides is 5. The Hall–Kier alpha value is -4.48. The molecule has 2 saturated carbocycles. The van der Waals surface area contributed by atoms with Gasteiger partial charge < -0.3 is 19.3 Å². The third-order valence-corrected chi connectivity index (χ3v) is 8.32. The van der Waals surface area contributed by atoms with E-state index < -0.39 is 42.6 Å². The van der Waals surface area contributed by atoms with Crippen molar-refractivity contribution >= 4 is 28.6 Å². The van der Waals surface area contributed by atoms with E-state index >= 15 is 0 Å². The maximum atomic E-state index is 13.8. The number of carboxylic acid groups (broad SMARTS) is 1. The number of aromatic carboxylic acids is 1. The van der Waals surface area contributed by atoms with Crippen LogP contribution in [0.1, 0.15) is 59.0 Å². The van der Waals surface area contributed by atoms with Crippen molar-refractivity contribution in [1.29, 1.82) is 0 Å². The second-order valence-corrected chi connectivity index (χ2v) is 11.7. The fourth-order valence-corrected chi connectivity index (χ4v) is 5.78. The summed E-state index contributed by atoms with van der Waals surface area (Å²) in [6.45, 7) is 1.23. The van der Waals surface area contributed by atoms with Crippen molar-refractivity contribution in [2.75, 3.05) is 18.0 Å². The zero-order valence-corrected chi connectivity index (χ0v) is 23.2. The van der Waals surface area contributed by atoms with Gasteiger partial charge in [-0.25, -0.2) is 18.6 Å². The van der Waals surface area contributed by atoms with Crippen molar-refractivity contribution in [2.45, 2.75) is 49.8 Å². The number of hydrogen-bond donors (Lipinski definition) is 1. The number of carboxylic acids is 1. The molecule has 0 amide bonds. The molecule has 0 bridgehead atoms. The van der Waals surface area contributed by atoms with Crippen LogP contribution in [0.25, 0.3) is 28.2 Å². The van der Waals surface area contributed by atoms with Crippen molar-refractivity contribution in [3.05, 3.63) is 77.2 Å². The molecular formula is C32H26F5N3O4. The molecule has 44 heavy (non-hydrogen) atoms. The highest BCUT2D eigenvalue weighted by Crippen LogP contribution is 2.46. The van der Waals surface area contributed by atoms with Gasteiger partial charge in [0.05, 0.1) is 11.1 Å². The normalized spacial score (nSPS) is 18.9. The van der Waals surface area contributed by atoms with Crippen LogP contribution in [-0.4, -0.2) is 46.3 Å². The average molecular weight is 612 g/mol. The first kappa shape index (κ1) is 28.3. The summed E-state index contributed by atoms with van der Waals surface area (Å²) in [5.74, 6) is -3.01. The molecule has 7 rings (SSSR count). The molecule has 12 heteroatoms. The van der Waals surface area contributed by atoms with E-state index in [1.54, 1.807) is 24.3 Å². The predicted molar refractivity (Wildman–Crippen MR) is 151 cm³/mol. The summed E-state index contributed by atoms with van der Waals surface area (Å²) in [5, 5.41) is 14.1. The lowest BCUT2D eigenvalue weighted by atomic mass is 9.91. The van der Waals surface area contributed by atoms with Crippen LogP contribution in [0.3, 0.4) is 0 Å². The summed E-state index contributed by atoms with van der Waals surface area (Å²) >= 11 is 0. The lowest BCUT2D eigenvalue weighted by Crippen LogP contribution is -2.45. The average Bonchev–Trinajstić information content (AvgIpc) is 3.69. The summed E-state index contributed by atoms with van der Waals surface area (Å²) in [6, 6.07) is 11.9. The van der Waals surface area contributed by atoms with Crippen LogP contribution in [0.5, 0.6) is 5.75 Å². The predicted octanol–water partition coefficient (Wildman–Crippen LogP) is 7.81. The van der Waals surface area contributed by atoms with E-state index in [0.717, 1.165) is 24.6 Å². The Balaban J connectivity index is 1.11. The maximum absolute atomic E-state index is 13.8. The zero-order valence-electron chi connectivity index (χ0n) is 23.2. The molecule has 0 spiro atoms. The highest BCUT2D eigenvalue weighted by atomic mass is 19.4. The number of rotatable bonds is 8. The van der Waals surface area contributed by atoms with Gasteiger partial charge in [-0.05, 0) is 37.1 Å². The minimum atomic E-state index is -4.54. The molecule has 7 nitrogen and oxygen atoms in total. The number of hydrogen-bond acceptors (Lipinski definition) is 6. The zero-order chi connectivity index (χ0) is 30.8. The molecule has 1 aliphatic heterocycles. The van der Waals surface area contributed by atoms with Gasteiger partial charge in [-0.1, -0.05) is 35.5 Å². The van der Waals surface area contributed by atoms with E-state index in [9.17, 15) is 31.9 Å². The van der Waals surface area contributed by atoms with E-state index in [1.165, 1.54) is 18.2 Å². The van der Waals surface area contributed by atoms with Gasteiger partial charge in [-0.3, -0.25) is 0 Å². The Kier molecular flexibility index (Phi) is 6.63. The second kappa shape index (κ2) is 10.3. The topological polar surface area (TPSA) is 88.7 Å². The number of pyridine rings is 1. The van der Waals surface area contributed by atoms with E-state index in [2.05, 4.69) is 15.0 Å². The van der Waals surface area contributed by atoms with E-state index in [-0.39, 0.29) is 34.5 Å². The Labute approximate surface area is 247 Å². The van der Waals surface area contributed by atoms with Crippen LogP contribution in [0, 0.1) is 5.92 Å². The molecule has 0 atom stereocenters. The quantitative estimate of drug-likeness (QED) is 0.203. The smallest absolute Gasteiger partial charge is 0.417 e. The van der Waals surface area contributed by atoms with E-state index in [4.69, 9.17) is 9.26 Å². The standard InChI is InChI=1S/C32H26F5N3O4/c33-31(34)13-20(14-31)43-27-12-26(30(41)42)38-25-10-8-19(11-23(25)27)40-15-17(16-40)5-9-22-28(39-44-29(22)18-6-7-18)21-3-1-2-4-24(21)32(35,36)37/h1-5,8-12,17-18,20H,6-7,13-16H2,(H,41,42)/b9-5+. The van der Waals surface area contributed by atoms with Crippen molar-refractivity contribution in [3.8, 4) is 17.0 Å². The number of anilines is 1. The SMILES string of the molecule is O=C(O)c1cc(OC2CC(F)(F)C2)c2cc(N3CC(/C=C/c4c(-c5ccccc5C(F)(F)F)noc4C4CC4)C3)ccc2n1. The van der Waals surface area contributed by atoms with Crippen LogP contribution >= 0.6 is 0 Å². The molecule has 2 aromatic heterocycles. The molecule has 2 aromatic carbocycles. The number of halogens is 5. The molecule has 4 aromatic rings. The number of ether oxygens (including phenoxy) is 1. The molecule has 3 fully saturated rings. The van der Waals surface area contributed by atoms with Crippen LogP contribution < -0.4 is 9.64 Å². The summed E-state index contributed by atoms with van der Waals surface area (Å²) < 4.78 is 79.5. The van der Waals surface area contributed by atoms with Gasteiger partial charge in [-0.15, -0.1) is 0 Å². The minimum Gasteiger partial charge on any atom is -0.489 e. The van der Waals surface area contributed by atoms with Crippen molar-refractivity contribution in [1.82, 2.24) is 10.1 Å². The number of nitrogens with zero attached hydrogens (tertiary/aromatic N) is 3. The van der Waals surface area contributed by atoms with Gasteiger partial charge >= 0.3 is 12.1 Å². The molecule has 0 unspecified atom stereocenters. The minimum absolute atomic E-state index is 0.0231. The first-order valence-corrected chi connectivity index (χ1v) is 14.3. The maximum Gasteiger partial charge on any atom is 0.417 e. The van der Waals surface area contributed by atoms with Gasteiger partial charge in [0.25, 0.3) is 5.92 Å². The molecule has 2 aliphatic carbocycles. The number of carbonyl (C=O) groups is 1. The van der Waals surface area contributed by atoms with Gasteiger partial charge in [0, 0.05) is 66.0 Å². The molecular weight excluding hydrogens is 585 g/mol. The van der Waals surface area contributed by atoms with Crippen molar-refractivity contribution in [3.63, 3.8) is 0 Å². The molecule has 3 heterocycles. The van der Waals surface area contributed by atoms with E-state index in [1.807, 2.05) is 12.2 Å². The fourth-order valence-electron chi connectivity index (χ4n) is 5.78. The second-order valence-electron chi connectivity index (χ2n) is 11.7. The first-order valence-electron chi connectivity index (χ1n) is 14.3. The van der Waals surface area contributed by atoms with Crippen molar-refractivity contribution in [2.24, 2.45) is 5.92 Å². The van der Waals surface area contributed by atoms with Gasteiger partial charge in [0.2, 0.25) is 0 Å². The van der Waals surface area contributed by atoms with Crippen LogP contribution in [0.2, 0.25) is 0 Å². The van der Waals surface area contributed by atoms with E-state index in [0.29, 0.717) is 35.3 Å². The molecule has 3 aliphatic rings. The summed E-state index contributed by atoms with van der Waals surface area (Å²) in [7, 11) is 0. The van der Waals surface area contributed by atoms with Crippen LogP contribution in [0.15, 0.2) is 59.1 Å². The number of fused-ring (bicyclic) bond motifs is 1. The highest BCUT2D eigenvalue weighted by molar-refractivity contribution is 5.94. The monoisotopic (exact) mass is 611 g/mol. The lowest BCUT2D eigenvalue weighted by Gasteiger charge is -2.40. The molecule has 0 radical (unpaired) electrons. The highest BCUT2D eigenvalue weighted by Gasteiger charge is 2.47. The lowest BCUT2D eigenvalue weighted by molar-refractivity contribution is -0.137. The van der Waals surface area contributed by atoms with Gasteiger partial charge in [0.15, 0.2) is 5.69 Å². The molecule has 1 N–H and O–H groups in total. The third kappa shape index (κ3) is 5.37. The Morgan fingerprint density at radius 2 is 1.84 bits per heavy atom. The number of aromatic nitrogens is 2. The molecule has 1 saturated heterocycles. The summed E-state index contributed by atoms with van der Waals surface area (Å²) in [4.78, 5) is 17.8.